The number of hydrogen-bond acceptors (Lipinski definition) is 2. The van der Waals surface area contributed by atoms with Crippen molar-refractivity contribution in [3.63, 3.8) is 0 Å². The maximum atomic E-state index is 4.02. The predicted molar refractivity (Wildman–Crippen MR) is 53.0 cm³/mol. The lowest BCUT2D eigenvalue weighted by atomic mass is 10.0. The third-order valence-corrected chi connectivity index (χ3v) is 3.01. The van der Waals surface area contributed by atoms with Crippen molar-refractivity contribution >= 4 is 18.5 Å². The molecule has 0 saturated carbocycles. The number of aliphatic imine (C=N–C) groups is 1. The van der Waals surface area contributed by atoms with E-state index in [-0.39, 0.29) is 0 Å². The van der Waals surface area contributed by atoms with Crippen molar-refractivity contribution in [2.75, 3.05) is 5.75 Å². The number of hydrogen-bond donors (Lipinski definition) is 0. The Morgan fingerprint density at radius 1 is 1.73 bits per heavy atom. The van der Waals surface area contributed by atoms with Crippen LogP contribution in [0, 0.1) is 5.92 Å². The van der Waals surface area contributed by atoms with E-state index in [1.807, 2.05) is 17.8 Å². The van der Waals surface area contributed by atoms with E-state index in [4.69, 9.17) is 0 Å². The molecule has 0 aromatic carbocycles. The lowest BCUT2D eigenvalue weighted by molar-refractivity contribution is 0.648. The Kier molecular flexibility index (Phi) is 2.94. The summed E-state index contributed by atoms with van der Waals surface area (Å²) < 4.78 is 0. The standard InChI is InChI=1S/C9H13NS/c1-4-8-9(10-3)7(2)5-6-11-8/h4,7H,1,3,5-6H2,2H3. The monoisotopic (exact) mass is 167 g/mol. The highest BCUT2D eigenvalue weighted by Crippen LogP contribution is 2.34. The van der Waals surface area contributed by atoms with Crippen molar-refractivity contribution in [1.82, 2.24) is 0 Å². The van der Waals surface area contributed by atoms with E-state index in [1.54, 1.807) is 0 Å². The van der Waals surface area contributed by atoms with E-state index < -0.39 is 0 Å². The molecular weight excluding hydrogens is 154 g/mol. The SMILES string of the molecule is C=CC1=C(N=C)C(C)CCS1. The van der Waals surface area contributed by atoms with Gasteiger partial charge in [-0.3, -0.25) is 4.99 Å². The fraction of sp³-hybridized carbons (Fsp3) is 0.444. The molecule has 11 heavy (non-hydrogen) atoms. The van der Waals surface area contributed by atoms with Crippen molar-refractivity contribution in [2.45, 2.75) is 13.3 Å². The first-order valence-corrected chi connectivity index (χ1v) is 4.74. The van der Waals surface area contributed by atoms with E-state index in [2.05, 4.69) is 25.2 Å². The molecular formula is C9H13NS. The maximum Gasteiger partial charge on any atom is 0.0560 e. The molecule has 2 heteroatoms. The quantitative estimate of drug-likeness (QED) is 0.576. The first kappa shape index (κ1) is 8.60. The number of nitrogens with zero attached hydrogens (tertiary/aromatic N) is 1. The summed E-state index contributed by atoms with van der Waals surface area (Å²) in [4.78, 5) is 5.23. The summed E-state index contributed by atoms with van der Waals surface area (Å²) in [5.74, 6) is 1.74. The van der Waals surface area contributed by atoms with Crippen LogP contribution in [-0.2, 0) is 0 Å². The van der Waals surface area contributed by atoms with Gasteiger partial charge in [-0.15, -0.1) is 11.8 Å². The highest BCUT2D eigenvalue weighted by Gasteiger charge is 2.16. The van der Waals surface area contributed by atoms with E-state index >= 15 is 0 Å². The summed E-state index contributed by atoms with van der Waals surface area (Å²) in [6.45, 7) is 9.50. The Bertz CT molecular complexity index is 206. The first-order chi connectivity index (χ1) is 5.29. The molecule has 1 aliphatic heterocycles. The summed E-state index contributed by atoms with van der Waals surface area (Å²) >= 11 is 1.83. The molecule has 0 aromatic heterocycles. The normalized spacial score (nSPS) is 25.0. The molecule has 1 atom stereocenters. The predicted octanol–water partition coefficient (Wildman–Crippen LogP) is 2.86. The van der Waals surface area contributed by atoms with Gasteiger partial charge < -0.3 is 0 Å². The molecule has 0 spiro atoms. The molecule has 0 fully saturated rings. The third-order valence-electron chi connectivity index (χ3n) is 1.88. The molecule has 1 unspecified atom stereocenters. The Morgan fingerprint density at radius 3 is 2.91 bits per heavy atom. The van der Waals surface area contributed by atoms with E-state index in [9.17, 15) is 0 Å². The van der Waals surface area contributed by atoms with E-state index in [0.29, 0.717) is 5.92 Å². The Balaban J connectivity index is 2.94. The van der Waals surface area contributed by atoms with Crippen molar-refractivity contribution < 1.29 is 0 Å². The maximum absolute atomic E-state index is 4.02. The molecule has 0 radical (unpaired) electrons. The Morgan fingerprint density at radius 2 is 2.45 bits per heavy atom. The highest BCUT2D eigenvalue weighted by atomic mass is 32.2. The van der Waals surface area contributed by atoms with Crippen molar-refractivity contribution in [2.24, 2.45) is 10.9 Å². The molecule has 1 aliphatic rings. The molecule has 0 aliphatic carbocycles. The van der Waals surface area contributed by atoms with Gasteiger partial charge in [-0.25, -0.2) is 0 Å². The Hall–Kier alpha value is -0.500. The van der Waals surface area contributed by atoms with Crippen LogP contribution in [0.1, 0.15) is 13.3 Å². The first-order valence-electron chi connectivity index (χ1n) is 3.75. The molecule has 1 nitrogen and oxygen atoms in total. The smallest absolute Gasteiger partial charge is 0.0560 e. The molecule has 0 N–H and O–H groups in total. The van der Waals surface area contributed by atoms with Gasteiger partial charge in [-0.2, -0.15) is 0 Å². The number of thioether (sulfide) groups is 1. The third kappa shape index (κ3) is 1.74. The second-order valence-corrected chi connectivity index (χ2v) is 3.79. The summed E-state index contributed by atoms with van der Waals surface area (Å²) in [6.07, 6.45) is 3.08. The van der Waals surface area contributed by atoms with Crippen molar-refractivity contribution in [3.8, 4) is 0 Å². The summed E-state index contributed by atoms with van der Waals surface area (Å²) in [6, 6.07) is 0. The molecule has 60 valence electrons. The summed E-state index contributed by atoms with van der Waals surface area (Å²) in [7, 11) is 0. The minimum Gasteiger partial charge on any atom is -0.268 e. The number of allylic oxidation sites excluding steroid dienone is 2. The van der Waals surface area contributed by atoms with Gasteiger partial charge >= 0.3 is 0 Å². The summed E-state index contributed by atoms with van der Waals surface area (Å²) in [5, 5.41) is 0. The van der Waals surface area contributed by atoms with E-state index in [0.717, 1.165) is 5.70 Å². The van der Waals surface area contributed by atoms with Crippen LogP contribution in [-0.4, -0.2) is 12.5 Å². The van der Waals surface area contributed by atoms with Crippen LogP contribution >= 0.6 is 11.8 Å². The van der Waals surface area contributed by atoms with Crippen LogP contribution in [0.4, 0.5) is 0 Å². The molecule has 0 saturated heterocycles. The fourth-order valence-corrected chi connectivity index (χ4v) is 2.42. The molecule has 0 amide bonds. The van der Waals surface area contributed by atoms with Crippen LogP contribution in [0.25, 0.3) is 0 Å². The van der Waals surface area contributed by atoms with Gasteiger partial charge in [0.1, 0.15) is 0 Å². The van der Waals surface area contributed by atoms with Gasteiger partial charge in [-0.1, -0.05) is 19.6 Å². The highest BCUT2D eigenvalue weighted by molar-refractivity contribution is 8.03. The van der Waals surface area contributed by atoms with Crippen LogP contribution in [0.2, 0.25) is 0 Å². The molecule has 0 aromatic rings. The van der Waals surface area contributed by atoms with Crippen LogP contribution in [0.5, 0.6) is 0 Å². The molecule has 0 bridgehead atoms. The van der Waals surface area contributed by atoms with Crippen LogP contribution in [0.3, 0.4) is 0 Å². The lowest BCUT2D eigenvalue weighted by Gasteiger charge is -2.20. The van der Waals surface area contributed by atoms with Crippen LogP contribution < -0.4 is 0 Å². The zero-order valence-electron chi connectivity index (χ0n) is 6.84. The van der Waals surface area contributed by atoms with Gasteiger partial charge in [-0.05, 0) is 18.9 Å². The van der Waals surface area contributed by atoms with Gasteiger partial charge in [0.25, 0.3) is 0 Å². The zero-order valence-corrected chi connectivity index (χ0v) is 7.66. The summed E-state index contributed by atoms with van der Waals surface area (Å²) in [5.41, 5.74) is 1.12. The largest absolute Gasteiger partial charge is 0.268 e. The average molecular weight is 167 g/mol. The van der Waals surface area contributed by atoms with Gasteiger partial charge in [0, 0.05) is 10.8 Å². The number of rotatable bonds is 2. The van der Waals surface area contributed by atoms with Gasteiger partial charge in [0.2, 0.25) is 0 Å². The second-order valence-electron chi connectivity index (χ2n) is 2.65. The fourth-order valence-electron chi connectivity index (χ4n) is 1.20. The average Bonchev–Trinajstić information content (AvgIpc) is 2.04. The lowest BCUT2D eigenvalue weighted by Crippen LogP contribution is -2.06. The van der Waals surface area contributed by atoms with Crippen LogP contribution in [0.15, 0.2) is 28.2 Å². The van der Waals surface area contributed by atoms with Crippen molar-refractivity contribution in [3.05, 3.63) is 23.3 Å². The second kappa shape index (κ2) is 3.77. The minimum atomic E-state index is 0.557. The molecule has 1 heterocycles. The van der Waals surface area contributed by atoms with Gasteiger partial charge in [0.15, 0.2) is 0 Å². The van der Waals surface area contributed by atoms with Crippen molar-refractivity contribution in [1.29, 1.82) is 0 Å². The van der Waals surface area contributed by atoms with E-state index in [1.165, 1.54) is 17.1 Å². The molecule has 1 rings (SSSR count). The minimum absolute atomic E-state index is 0.557. The van der Waals surface area contributed by atoms with Gasteiger partial charge in [0.05, 0.1) is 5.70 Å². The topological polar surface area (TPSA) is 12.4 Å². The zero-order chi connectivity index (χ0) is 8.27. The Labute approximate surface area is 72.3 Å².